The smallest absolute Gasteiger partial charge is 0.326 e. The molecule has 100 valence electrons. The summed E-state index contributed by atoms with van der Waals surface area (Å²) in [5.41, 5.74) is 0. The topological polar surface area (TPSA) is 78.4 Å². The fraction of sp³-hybridized carbons (Fsp3) is 0.833. The van der Waals surface area contributed by atoms with Crippen LogP contribution in [0.1, 0.15) is 47.0 Å². The average molecular weight is 244 g/mol. The first-order valence-electron chi connectivity index (χ1n) is 6.22. The Labute approximate surface area is 103 Å². The van der Waals surface area contributed by atoms with E-state index in [0.717, 1.165) is 12.8 Å². The van der Waals surface area contributed by atoms with Gasteiger partial charge in [0.05, 0.1) is 0 Å². The molecule has 0 saturated heterocycles. The summed E-state index contributed by atoms with van der Waals surface area (Å²) in [5.74, 6) is -0.653. The summed E-state index contributed by atoms with van der Waals surface area (Å²) in [6.07, 6.45) is 2.00. The van der Waals surface area contributed by atoms with Gasteiger partial charge in [-0.25, -0.2) is 9.59 Å². The number of carboxylic acids is 1. The maximum atomic E-state index is 11.6. The fourth-order valence-electron chi connectivity index (χ4n) is 1.65. The Kier molecular flexibility index (Phi) is 7.34. The molecule has 0 radical (unpaired) electrons. The van der Waals surface area contributed by atoms with Gasteiger partial charge < -0.3 is 15.7 Å². The number of hydrogen-bond acceptors (Lipinski definition) is 2. The van der Waals surface area contributed by atoms with Gasteiger partial charge in [-0.3, -0.25) is 0 Å². The Hall–Kier alpha value is -1.26. The molecule has 0 rings (SSSR count). The van der Waals surface area contributed by atoms with E-state index in [0.29, 0.717) is 12.3 Å². The number of carbonyl (C=O) groups excluding carboxylic acids is 1. The first-order valence-corrected chi connectivity index (χ1v) is 6.22. The van der Waals surface area contributed by atoms with E-state index in [4.69, 9.17) is 5.11 Å². The average Bonchev–Trinajstić information content (AvgIpc) is 2.24. The summed E-state index contributed by atoms with van der Waals surface area (Å²) in [6.45, 7) is 7.93. The van der Waals surface area contributed by atoms with Crippen LogP contribution in [0.15, 0.2) is 0 Å². The van der Waals surface area contributed by atoms with Crippen LogP contribution in [-0.2, 0) is 4.79 Å². The van der Waals surface area contributed by atoms with Crippen LogP contribution in [0.3, 0.4) is 0 Å². The van der Waals surface area contributed by atoms with Crippen LogP contribution >= 0.6 is 0 Å². The molecule has 0 fully saturated rings. The molecule has 0 saturated carbocycles. The Bertz CT molecular complexity index is 254. The predicted molar refractivity (Wildman–Crippen MR) is 66.9 cm³/mol. The third-order valence-electron chi connectivity index (χ3n) is 2.74. The number of aliphatic carboxylic acids is 1. The normalized spacial score (nSPS) is 14.2. The van der Waals surface area contributed by atoms with Gasteiger partial charge in [-0.2, -0.15) is 0 Å². The standard InChI is InChI=1S/C12H24N2O3/c1-5-7-10(11(15)16)14-12(17)13-9(6-2)8(3)4/h8-10H,5-7H2,1-4H3,(H,15,16)(H2,13,14,17). The monoisotopic (exact) mass is 244 g/mol. The summed E-state index contributed by atoms with van der Waals surface area (Å²) in [5, 5.41) is 14.2. The van der Waals surface area contributed by atoms with Gasteiger partial charge in [-0.1, -0.05) is 34.1 Å². The summed E-state index contributed by atoms with van der Waals surface area (Å²) in [7, 11) is 0. The molecule has 0 bridgehead atoms. The molecule has 2 amide bonds. The van der Waals surface area contributed by atoms with Crippen molar-refractivity contribution < 1.29 is 14.7 Å². The molecule has 0 aromatic rings. The molecule has 17 heavy (non-hydrogen) atoms. The highest BCUT2D eigenvalue weighted by Crippen LogP contribution is 2.05. The number of carbonyl (C=O) groups is 2. The Morgan fingerprint density at radius 1 is 1.18 bits per heavy atom. The van der Waals surface area contributed by atoms with Crippen LogP contribution in [-0.4, -0.2) is 29.2 Å². The molecule has 0 spiro atoms. The number of amides is 2. The van der Waals surface area contributed by atoms with Gasteiger partial charge in [-0.05, 0) is 18.8 Å². The lowest BCUT2D eigenvalue weighted by Crippen LogP contribution is -2.50. The second-order valence-corrected chi connectivity index (χ2v) is 4.56. The number of carboxylic acid groups (broad SMARTS) is 1. The van der Waals surface area contributed by atoms with E-state index in [9.17, 15) is 9.59 Å². The van der Waals surface area contributed by atoms with Crippen LogP contribution in [0.2, 0.25) is 0 Å². The van der Waals surface area contributed by atoms with Gasteiger partial charge in [0.2, 0.25) is 0 Å². The van der Waals surface area contributed by atoms with Crippen molar-refractivity contribution in [1.82, 2.24) is 10.6 Å². The van der Waals surface area contributed by atoms with Crippen LogP contribution in [0.5, 0.6) is 0 Å². The van der Waals surface area contributed by atoms with Crippen LogP contribution < -0.4 is 10.6 Å². The van der Waals surface area contributed by atoms with E-state index in [2.05, 4.69) is 10.6 Å². The molecule has 0 aliphatic heterocycles. The SMILES string of the molecule is CCCC(NC(=O)NC(CC)C(C)C)C(=O)O. The quantitative estimate of drug-likeness (QED) is 0.640. The maximum absolute atomic E-state index is 11.6. The van der Waals surface area contributed by atoms with E-state index in [1.165, 1.54) is 0 Å². The largest absolute Gasteiger partial charge is 0.480 e. The van der Waals surface area contributed by atoms with Gasteiger partial charge in [0.1, 0.15) is 6.04 Å². The summed E-state index contributed by atoms with van der Waals surface area (Å²) < 4.78 is 0. The van der Waals surface area contributed by atoms with Gasteiger partial charge in [0, 0.05) is 6.04 Å². The van der Waals surface area contributed by atoms with Crippen molar-refractivity contribution in [2.45, 2.75) is 59.0 Å². The molecule has 5 nitrogen and oxygen atoms in total. The van der Waals surface area contributed by atoms with Crippen molar-refractivity contribution >= 4 is 12.0 Å². The molecule has 2 unspecified atom stereocenters. The van der Waals surface area contributed by atoms with Gasteiger partial charge >= 0.3 is 12.0 Å². The van der Waals surface area contributed by atoms with Gasteiger partial charge in [-0.15, -0.1) is 0 Å². The highest BCUT2D eigenvalue weighted by molar-refractivity contribution is 5.82. The van der Waals surface area contributed by atoms with E-state index < -0.39 is 18.0 Å². The lowest BCUT2D eigenvalue weighted by molar-refractivity contribution is -0.139. The molecule has 5 heteroatoms. The summed E-state index contributed by atoms with van der Waals surface area (Å²) in [6, 6.07) is -1.12. The highest BCUT2D eigenvalue weighted by atomic mass is 16.4. The van der Waals surface area contributed by atoms with Crippen LogP contribution in [0, 0.1) is 5.92 Å². The maximum Gasteiger partial charge on any atom is 0.326 e. The molecular formula is C12H24N2O3. The Morgan fingerprint density at radius 2 is 1.76 bits per heavy atom. The van der Waals surface area contributed by atoms with Gasteiger partial charge in [0.15, 0.2) is 0 Å². The Balaban J connectivity index is 4.26. The van der Waals surface area contributed by atoms with E-state index in [-0.39, 0.29) is 6.04 Å². The van der Waals surface area contributed by atoms with Gasteiger partial charge in [0.25, 0.3) is 0 Å². The molecule has 0 aliphatic rings. The van der Waals surface area contributed by atoms with E-state index >= 15 is 0 Å². The van der Waals surface area contributed by atoms with E-state index in [1.54, 1.807) is 0 Å². The number of rotatable bonds is 7. The molecule has 0 aliphatic carbocycles. The summed E-state index contributed by atoms with van der Waals surface area (Å²) in [4.78, 5) is 22.5. The molecule has 0 aromatic heterocycles. The second kappa shape index (κ2) is 7.92. The predicted octanol–water partition coefficient (Wildman–Crippen LogP) is 1.97. The third-order valence-corrected chi connectivity index (χ3v) is 2.74. The zero-order valence-electron chi connectivity index (χ0n) is 11.1. The second-order valence-electron chi connectivity index (χ2n) is 4.56. The van der Waals surface area contributed by atoms with Crippen LogP contribution in [0.25, 0.3) is 0 Å². The summed E-state index contributed by atoms with van der Waals surface area (Å²) >= 11 is 0. The van der Waals surface area contributed by atoms with Crippen LogP contribution in [0.4, 0.5) is 4.79 Å². The van der Waals surface area contributed by atoms with Crippen molar-refractivity contribution in [3.05, 3.63) is 0 Å². The van der Waals surface area contributed by atoms with Crippen molar-refractivity contribution in [2.75, 3.05) is 0 Å². The van der Waals surface area contributed by atoms with Crippen molar-refractivity contribution in [2.24, 2.45) is 5.92 Å². The van der Waals surface area contributed by atoms with E-state index in [1.807, 2.05) is 27.7 Å². The number of urea groups is 1. The zero-order valence-corrected chi connectivity index (χ0v) is 11.1. The minimum atomic E-state index is -0.986. The lowest BCUT2D eigenvalue weighted by atomic mass is 10.0. The Morgan fingerprint density at radius 3 is 2.12 bits per heavy atom. The highest BCUT2D eigenvalue weighted by Gasteiger charge is 2.20. The van der Waals surface area contributed by atoms with Crippen molar-refractivity contribution in [3.63, 3.8) is 0 Å². The molecule has 3 N–H and O–H groups in total. The number of hydrogen-bond donors (Lipinski definition) is 3. The first kappa shape index (κ1) is 15.7. The third kappa shape index (κ3) is 6.14. The molecule has 2 atom stereocenters. The first-order chi connectivity index (χ1) is 7.92. The zero-order chi connectivity index (χ0) is 13.4. The molecule has 0 aromatic carbocycles. The van der Waals surface area contributed by atoms with Crippen molar-refractivity contribution in [3.8, 4) is 0 Å². The molecular weight excluding hydrogens is 220 g/mol. The molecule has 0 heterocycles. The fourth-order valence-corrected chi connectivity index (χ4v) is 1.65. The lowest BCUT2D eigenvalue weighted by Gasteiger charge is -2.22. The minimum absolute atomic E-state index is 0.0751. The number of nitrogens with one attached hydrogen (secondary N) is 2. The van der Waals surface area contributed by atoms with Crippen molar-refractivity contribution in [1.29, 1.82) is 0 Å². The minimum Gasteiger partial charge on any atom is -0.480 e.